The topological polar surface area (TPSA) is 57.6 Å². The quantitative estimate of drug-likeness (QED) is 0.929. The largest absolute Gasteiger partial charge is 0.392 e. The van der Waals surface area contributed by atoms with Gasteiger partial charge in [-0.15, -0.1) is 11.3 Å². The van der Waals surface area contributed by atoms with Crippen molar-refractivity contribution in [3.8, 4) is 0 Å². The summed E-state index contributed by atoms with van der Waals surface area (Å²) < 4.78 is 27.2. The molecule has 0 aromatic carbocycles. The Labute approximate surface area is 125 Å². The summed E-state index contributed by atoms with van der Waals surface area (Å²) in [7, 11) is -3.38. The second-order valence-corrected chi connectivity index (χ2v) is 8.85. The van der Waals surface area contributed by atoms with Crippen LogP contribution in [0, 0.1) is 11.8 Å². The van der Waals surface area contributed by atoms with E-state index in [9.17, 15) is 8.42 Å². The SMILES string of the molecule is CC(C)C1CCCN(S(=O)(=O)c2cc(CO)cs2)CC1. The van der Waals surface area contributed by atoms with Crippen molar-refractivity contribution in [3.63, 3.8) is 0 Å². The Hall–Kier alpha value is -0.430. The minimum absolute atomic E-state index is 0.110. The molecular formula is C14H23NO3S2. The van der Waals surface area contributed by atoms with E-state index in [1.54, 1.807) is 15.8 Å². The predicted molar refractivity (Wildman–Crippen MR) is 81.2 cm³/mol. The molecule has 0 amide bonds. The lowest BCUT2D eigenvalue weighted by Gasteiger charge is -2.20. The summed E-state index contributed by atoms with van der Waals surface area (Å²) in [5, 5.41) is 10.8. The van der Waals surface area contributed by atoms with Crippen molar-refractivity contribution in [2.45, 2.75) is 43.9 Å². The molecule has 2 heterocycles. The lowest BCUT2D eigenvalue weighted by atomic mass is 9.89. The molecule has 1 aromatic rings. The number of sulfonamides is 1. The fraction of sp³-hybridized carbons (Fsp3) is 0.714. The third-order valence-corrected chi connectivity index (χ3v) is 7.44. The van der Waals surface area contributed by atoms with Crippen molar-refractivity contribution in [2.75, 3.05) is 13.1 Å². The Kier molecular flexibility index (Phi) is 5.23. The molecule has 6 heteroatoms. The van der Waals surface area contributed by atoms with Crippen molar-refractivity contribution < 1.29 is 13.5 Å². The summed E-state index contributed by atoms with van der Waals surface area (Å²) in [5.74, 6) is 1.23. The van der Waals surface area contributed by atoms with Gasteiger partial charge in [-0.1, -0.05) is 13.8 Å². The first-order chi connectivity index (χ1) is 9.45. The van der Waals surface area contributed by atoms with E-state index in [-0.39, 0.29) is 6.61 Å². The van der Waals surface area contributed by atoms with Crippen LogP contribution < -0.4 is 0 Å². The van der Waals surface area contributed by atoms with Crippen LogP contribution in [0.15, 0.2) is 15.7 Å². The number of rotatable bonds is 4. The third-order valence-electron chi connectivity index (χ3n) is 4.08. The van der Waals surface area contributed by atoms with Crippen LogP contribution in [0.5, 0.6) is 0 Å². The van der Waals surface area contributed by atoms with E-state index >= 15 is 0 Å². The molecule has 1 aromatic heterocycles. The van der Waals surface area contributed by atoms with Gasteiger partial charge in [-0.2, -0.15) is 4.31 Å². The van der Waals surface area contributed by atoms with Crippen LogP contribution in [0.1, 0.15) is 38.7 Å². The highest BCUT2D eigenvalue weighted by molar-refractivity contribution is 7.91. The molecule has 0 bridgehead atoms. The number of hydrogen-bond acceptors (Lipinski definition) is 4. The summed E-state index contributed by atoms with van der Waals surface area (Å²) >= 11 is 1.20. The molecule has 0 aliphatic carbocycles. The second kappa shape index (κ2) is 6.56. The van der Waals surface area contributed by atoms with Gasteiger partial charge in [-0.05, 0) is 48.1 Å². The average molecular weight is 317 g/mol. The first-order valence-electron chi connectivity index (χ1n) is 7.13. The van der Waals surface area contributed by atoms with E-state index in [0.29, 0.717) is 34.7 Å². The van der Waals surface area contributed by atoms with Gasteiger partial charge in [0.25, 0.3) is 10.0 Å². The Morgan fingerprint density at radius 2 is 2.15 bits per heavy atom. The number of hydrogen-bond donors (Lipinski definition) is 1. The molecule has 0 saturated carbocycles. The number of aliphatic hydroxyl groups is 1. The maximum absolute atomic E-state index is 12.6. The molecule has 1 saturated heterocycles. The molecule has 1 aliphatic rings. The fourth-order valence-electron chi connectivity index (χ4n) is 2.70. The highest BCUT2D eigenvalue weighted by Gasteiger charge is 2.29. The average Bonchev–Trinajstić information content (AvgIpc) is 2.75. The zero-order chi connectivity index (χ0) is 14.8. The number of nitrogens with zero attached hydrogens (tertiary/aromatic N) is 1. The summed E-state index contributed by atoms with van der Waals surface area (Å²) in [5.41, 5.74) is 0.670. The van der Waals surface area contributed by atoms with E-state index in [0.717, 1.165) is 19.3 Å². The van der Waals surface area contributed by atoms with Gasteiger partial charge in [0.05, 0.1) is 6.61 Å². The maximum Gasteiger partial charge on any atom is 0.252 e. The van der Waals surface area contributed by atoms with Gasteiger partial charge >= 0.3 is 0 Å². The van der Waals surface area contributed by atoms with Crippen molar-refractivity contribution in [1.82, 2.24) is 4.31 Å². The molecule has 1 unspecified atom stereocenters. The molecule has 114 valence electrons. The molecular weight excluding hydrogens is 294 g/mol. The standard InChI is InChI=1S/C14H23NO3S2/c1-11(2)13-4-3-6-15(7-5-13)20(17,18)14-8-12(9-16)10-19-14/h8,10-11,13,16H,3-7,9H2,1-2H3. The minimum atomic E-state index is -3.38. The predicted octanol–water partition coefficient (Wildman–Crippen LogP) is 2.69. The van der Waals surface area contributed by atoms with Gasteiger partial charge in [0.15, 0.2) is 0 Å². The van der Waals surface area contributed by atoms with E-state index in [1.807, 2.05) is 0 Å². The van der Waals surface area contributed by atoms with Crippen molar-refractivity contribution in [2.24, 2.45) is 11.8 Å². The Bertz CT molecular complexity index is 536. The van der Waals surface area contributed by atoms with Crippen LogP contribution >= 0.6 is 11.3 Å². The Morgan fingerprint density at radius 3 is 2.75 bits per heavy atom. The summed E-state index contributed by atoms with van der Waals surface area (Å²) in [6.45, 7) is 5.53. The van der Waals surface area contributed by atoms with E-state index in [4.69, 9.17) is 5.11 Å². The first-order valence-corrected chi connectivity index (χ1v) is 9.45. The number of thiophene rings is 1. The molecule has 4 nitrogen and oxygen atoms in total. The minimum Gasteiger partial charge on any atom is -0.392 e. The van der Waals surface area contributed by atoms with Crippen molar-refractivity contribution in [3.05, 3.63) is 17.0 Å². The van der Waals surface area contributed by atoms with Gasteiger partial charge in [-0.25, -0.2) is 8.42 Å². The molecule has 1 N–H and O–H groups in total. The zero-order valence-corrected chi connectivity index (χ0v) is 13.7. The smallest absolute Gasteiger partial charge is 0.252 e. The highest BCUT2D eigenvalue weighted by atomic mass is 32.2. The van der Waals surface area contributed by atoms with Gasteiger partial charge in [0.1, 0.15) is 4.21 Å². The summed E-state index contributed by atoms with van der Waals surface area (Å²) in [6.07, 6.45) is 2.98. The number of aliphatic hydroxyl groups excluding tert-OH is 1. The van der Waals surface area contributed by atoms with E-state index in [2.05, 4.69) is 13.8 Å². The first kappa shape index (κ1) is 15.9. The molecule has 1 aliphatic heterocycles. The van der Waals surface area contributed by atoms with Gasteiger partial charge in [0.2, 0.25) is 0 Å². The summed E-state index contributed by atoms with van der Waals surface area (Å²) in [6, 6.07) is 1.59. The monoisotopic (exact) mass is 317 g/mol. The zero-order valence-electron chi connectivity index (χ0n) is 12.1. The van der Waals surface area contributed by atoms with Crippen LogP contribution in [0.4, 0.5) is 0 Å². The third kappa shape index (κ3) is 3.42. The van der Waals surface area contributed by atoms with Crippen molar-refractivity contribution in [1.29, 1.82) is 0 Å². The fourth-order valence-corrected chi connectivity index (χ4v) is 5.55. The maximum atomic E-state index is 12.6. The van der Waals surface area contributed by atoms with Crippen LogP contribution in [0.25, 0.3) is 0 Å². The normalized spacial score (nSPS) is 22.1. The van der Waals surface area contributed by atoms with Crippen LogP contribution in [-0.2, 0) is 16.6 Å². The molecule has 20 heavy (non-hydrogen) atoms. The highest BCUT2D eigenvalue weighted by Crippen LogP contribution is 2.29. The lowest BCUT2D eigenvalue weighted by Crippen LogP contribution is -2.31. The summed E-state index contributed by atoms with van der Waals surface area (Å²) in [4.78, 5) is 0. The van der Waals surface area contributed by atoms with Crippen LogP contribution in [-0.4, -0.2) is 30.9 Å². The molecule has 2 rings (SSSR count). The lowest BCUT2D eigenvalue weighted by molar-refractivity contribution is 0.282. The molecule has 0 spiro atoms. The van der Waals surface area contributed by atoms with Crippen LogP contribution in [0.2, 0.25) is 0 Å². The van der Waals surface area contributed by atoms with Gasteiger partial charge in [-0.3, -0.25) is 0 Å². The Balaban J connectivity index is 2.13. The Morgan fingerprint density at radius 1 is 1.40 bits per heavy atom. The van der Waals surface area contributed by atoms with Crippen molar-refractivity contribution >= 4 is 21.4 Å². The molecule has 0 radical (unpaired) electrons. The van der Waals surface area contributed by atoms with Gasteiger partial charge < -0.3 is 5.11 Å². The molecule has 1 fully saturated rings. The van der Waals surface area contributed by atoms with E-state index < -0.39 is 10.0 Å². The van der Waals surface area contributed by atoms with E-state index in [1.165, 1.54) is 11.3 Å². The van der Waals surface area contributed by atoms with Gasteiger partial charge in [0, 0.05) is 13.1 Å². The van der Waals surface area contributed by atoms with Crippen LogP contribution in [0.3, 0.4) is 0 Å². The molecule has 1 atom stereocenters. The second-order valence-electron chi connectivity index (χ2n) is 5.77.